The first-order valence-corrected chi connectivity index (χ1v) is 9.90. The van der Waals surface area contributed by atoms with Crippen LogP contribution in [0.5, 0.6) is 0 Å². The molecule has 2 unspecified atom stereocenters. The number of nitrogens with zero attached hydrogens (tertiary/aromatic N) is 2. The van der Waals surface area contributed by atoms with E-state index in [2.05, 4.69) is 18.7 Å². The van der Waals surface area contributed by atoms with Gasteiger partial charge in [0, 0.05) is 30.1 Å². The number of piperidine rings is 1. The van der Waals surface area contributed by atoms with E-state index in [0.717, 1.165) is 25.2 Å². The van der Waals surface area contributed by atoms with Gasteiger partial charge in [-0.3, -0.25) is 0 Å². The maximum atomic E-state index is 11.6. The number of amides is 1. The summed E-state index contributed by atoms with van der Waals surface area (Å²) in [6.07, 6.45) is -0.654. The number of hydrogen-bond acceptors (Lipinski definition) is 4. The van der Waals surface area contributed by atoms with Crippen molar-refractivity contribution in [3.63, 3.8) is 0 Å². The Balaban J connectivity index is 2.18. The predicted octanol–water partition coefficient (Wildman–Crippen LogP) is 3.28. The third-order valence-electron chi connectivity index (χ3n) is 5.74. The number of hydrogen-bond donors (Lipinski definition) is 2. The molecule has 7 heteroatoms. The topological polar surface area (TPSA) is 73.2 Å². The van der Waals surface area contributed by atoms with Crippen LogP contribution >= 0.6 is 11.6 Å². The molecular formula is C20H31ClN2O4. The summed E-state index contributed by atoms with van der Waals surface area (Å²) in [5.74, 6) is 0. The normalized spacial score (nSPS) is 25.8. The van der Waals surface area contributed by atoms with Crippen LogP contribution in [0.2, 0.25) is 5.02 Å². The van der Waals surface area contributed by atoms with Crippen LogP contribution < -0.4 is 0 Å². The molecule has 0 saturated carbocycles. The van der Waals surface area contributed by atoms with Crippen LogP contribution in [0.1, 0.15) is 32.8 Å². The molecule has 27 heavy (non-hydrogen) atoms. The van der Waals surface area contributed by atoms with E-state index >= 15 is 0 Å². The Labute approximate surface area is 166 Å². The Morgan fingerprint density at radius 1 is 1.30 bits per heavy atom. The van der Waals surface area contributed by atoms with Gasteiger partial charge in [-0.15, -0.1) is 0 Å². The summed E-state index contributed by atoms with van der Waals surface area (Å²) >= 11 is 5.99. The van der Waals surface area contributed by atoms with Crippen molar-refractivity contribution in [1.82, 2.24) is 9.80 Å². The average molecular weight is 399 g/mol. The molecule has 0 spiro atoms. The quantitative estimate of drug-likeness (QED) is 0.657. The predicted molar refractivity (Wildman–Crippen MR) is 106 cm³/mol. The lowest BCUT2D eigenvalue weighted by Gasteiger charge is -2.51. The molecule has 1 heterocycles. The molecule has 1 aliphatic heterocycles. The van der Waals surface area contributed by atoms with E-state index in [4.69, 9.17) is 16.3 Å². The Morgan fingerprint density at radius 2 is 1.93 bits per heavy atom. The third kappa shape index (κ3) is 4.93. The van der Waals surface area contributed by atoms with E-state index in [9.17, 15) is 15.0 Å². The molecule has 0 radical (unpaired) electrons. The molecule has 152 valence electrons. The summed E-state index contributed by atoms with van der Waals surface area (Å²) in [6.45, 7) is 10.1. The van der Waals surface area contributed by atoms with Crippen molar-refractivity contribution in [3.8, 4) is 0 Å². The minimum Gasteiger partial charge on any atom is -0.465 e. The van der Waals surface area contributed by atoms with Gasteiger partial charge < -0.3 is 24.7 Å². The number of aliphatic hydroxyl groups is 1. The standard InChI is InChI=1S/C20H31ClN2O4/c1-4-22(5-2)12-13-27-15-19(3)14-23(18(24)25)11-10-20(19,26)16-6-8-17(21)9-7-16/h6-9,26H,4-5,10-15H2,1-3H3,(H,24,25). The molecular weight excluding hydrogens is 368 g/mol. The van der Waals surface area contributed by atoms with Crippen molar-refractivity contribution in [2.24, 2.45) is 5.41 Å². The molecule has 2 rings (SSSR count). The first kappa shape index (κ1) is 22.0. The van der Waals surface area contributed by atoms with E-state index in [1.165, 1.54) is 4.90 Å². The number of likely N-dealkylation sites (tertiary alicyclic amines) is 1. The monoisotopic (exact) mass is 398 g/mol. The second-order valence-electron chi connectivity index (χ2n) is 7.46. The third-order valence-corrected chi connectivity index (χ3v) is 5.99. The molecule has 1 aromatic rings. The van der Waals surface area contributed by atoms with Crippen LogP contribution in [0.3, 0.4) is 0 Å². The van der Waals surface area contributed by atoms with E-state index in [1.54, 1.807) is 12.1 Å². The Hall–Kier alpha value is -1.34. The van der Waals surface area contributed by atoms with Gasteiger partial charge in [-0.25, -0.2) is 4.79 Å². The van der Waals surface area contributed by atoms with Crippen molar-refractivity contribution in [2.45, 2.75) is 32.8 Å². The molecule has 0 aromatic heterocycles. The summed E-state index contributed by atoms with van der Waals surface area (Å²) < 4.78 is 5.93. The second-order valence-corrected chi connectivity index (χ2v) is 7.90. The minimum atomic E-state index is -1.18. The number of carboxylic acid groups (broad SMARTS) is 1. The Morgan fingerprint density at radius 3 is 2.48 bits per heavy atom. The molecule has 6 nitrogen and oxygen atoms in total. The van der Waals surface area contributed by atoms with Crippen LogP contribution in [0.25, 0.3) is 0 Å². The largest absolute Gasteiger partial charge is 0.465 e. The van der Waals surface area contributed by atoms with Crippen LogP contribution in [0.15, 0.2) is 24.3 Å². The molecule has 1 fully saturated rings. The molecule has 1 aromatic carbocycles. The smallest absolute Gasteiger partial charge is 0.407 e. The molecule has 2 atom stereocenters. The lowest BCUT2D eigenvalue weighted by Crippen LogP contribution is -2.59. The highest BCUT2D eigenvalue weighted by atomic mass is 35.5. The number of carbonyl (C=O) groups is 1. The van der Waals surface area contributed by atoms with E-state index in [1.807, 2.05) is 19.1 Å². The van der Waals surface area contributed by atoms with Gasteiger partial charge in [0.1, 0.15) is 5.60 Å². The van der Waals surface area contributed by atoms with Crippen LogP contribution in [0.4, 0.5) is 4.79 Å². The number of ether oxygens (including phenoxy) is 1. The minimum absolute atomic E-state index is 0.215. The van der Waals surface area contributed by atoms with Gasteiger partial charge in [0.05, 0.1) is 13.2 Å². The maximum Gasteiger partial charge on any atom is 0.407 e. The average Bonchev–Trinajstić information content (AvgIpc) is 2.64. The maximum absolute atomic E-state index is 11.6. The lowest BCUT2D eigenvalue weighted by molar-refractivity contribution is -0.157. The van der Waals surface area contributed by atoms with Crippen LogP contribution in [-0.2, 0) is 10.3 Å². The fourth-order valence-corrected chi connectivity index (χ4v) is 3.93. The van der Waals surface area contributed by atoms with E-state index < -0.39 is 17.1 Å². The van der Waals surface area contributed by atoms with Gasteiger partial charge in [-0.1, -0.05) is 44.5 Å². The van der Waals surface area contributed by atoms with Crippen molar-refractivity contribution >= 4 is 17.7 Å². The second kappa shape index (κ2) is 9.24. The molecule has 1 saturated heterocycles. The number of rotatable bonds is 8. The fourth-order valence-electron chi connectivity index (χ4n) is 3.81. The number of benzene rings is 1. The SMILES string of the molecule is CCN(CC)CCOCC1(C)CN(C(=O)O)CCC1(O)c1ccc(Cl)cc1. The summed E-state index contributed by atoms with van der Waals surface area (Å²) in [6, 6.07) is 7.12. The first-order chi connectivity index (χ1) is 12.8. The molecule has 0 bridgehead atoms. The molecule has 0 aliphatic carbocycles. The summed E-state index contributed by atoms with van der Waals surface area (Å²) in [4.78, 5) is 15.1. The van der Waals surface area contributed by atoms with Crippen molar-refractivity contribution in [2.75, 3.05) is 45.9 Å². The van der Waals surface area contributed by atoms with Crippen LogP contribution in [-0.4, -0.2) is 72.0 Å². The summed E-state index contributed by atoms with van der Waals surface area (Å²) in [5, 5.41) is 21.6. The Kier molecular flexibility index (Phi) is 7.51. The van der Waals surface area contributed by atoms with Crippen molar-refractivity contribution in [1.29, 1.82) is 0 Å². The number of halogens is 1. The van der Waals surface area contributed by atoms with Gasteiger partial charge in [-0.2, -0.15) is 0 Å². The zero-order chi connectivity index (χ0) is 20.1. The van der Waals surface area contributed by atoms with Gasteiger partial charge >= 0.3 is 6.09 Å². The fraction of sp³-hybridized carbons (Fsp3) is 0.650. The highest BCUT2D eigenvalue weighted by Crippen LogP contribution is 2.46. The van der Waals surface area contributed by atoms with E-state index in [-0.39, 0.29) is 19.7 Å². The van der Waals surface area contributed by atoms with Gasteiger partial charge in [0.2, 0.25) is 0 Å². The van der Waals surface area contributed by atoms with Gasteiger partial charge in [0.15, 0.2) is 0 Å². The lowest BCUT2D eigenvalue weighted by atomic mass is 9.65. The molecule has 1 aliphatic rings. The van der Waals surface area contributed by atoms with Crippen molar-refractivity contribution in [3.05, 3.63) is 34.9 Å². The summed E-state index contributed by atoms with van der Waals surface area (Å²) in [7, 11) is 0. The highest BCUT2D eigenvalue weighted by molar-refractivity contribution is 6.30. The Bertz CT molecular complexity index is 623. The zero-order valence-electron chi connectivity index (χ0n) is 16.4. The van der Waals surface area contributed by atoms with Crippen LogP contribution in [0, 0.1) is 5.41 Å². The van der Waals surface area contributed by atoms with Crippen molar-refractivity contribution < 1.29 is 19.7 Å². The molecule has 2 N–H and O–H groups in total. The van der Waals surface area contributed by atoms with Gasteiger partial charge in [0.25, 0.3) is 0 Å². The number of likely N-dealkylation sites (N-methyl/N-ethyl adjacent to an activating group) is 1. The highest BCUT2D eigenvalue weighted by Gasteiger charge is 2.52. The van der Waals surface area contributed by atoms with E-state index in [0.29, 0.717) is 18.1 Å². The first-order valence-electron chi connectivity index (χ1n) is 9.52. The molecule has 1 amide bonds. The zero-order valence-corrected chi connectivity index (χ0v) is 17.2. The van der Waals surface area contributed by atoms with Gasteiger partial charge in [-0.05, 0) is 37.2 Å². The summed E-state index contributed by atoms with van der Waals surface area (Å²) in [5.41, 5.74) is -1.20.